The van der Waals surface area contributed by atoms with Gasteiger partial charge in [0.15, 0.2) is 0 Å². The van der Waals surface area contributed by atoms with Crippen LogP contribution in [0.2, 0.25) is 0 Å². The fraction of sp³-hybridized carbons (Fsp3) is 0.719. The van der Waals surface area contributed by atoms with Crippen molar-refractivity contribution in [2.75, 3.05) is 26.3 Å². The van der Waals surface area contributed by atoms with Gasteiger partial charge >= 0.3 is 7.82 Å². The number of phosphoric ester groups is 1. The van der Waals surface area contributed by atoms with Crippen molar-refractivity contribution >= 4 is 42.4 Å². The molecule has 4 amide bonds. The van der Waals surface area contributed by atoms with Gasteiger partial charge < -0.3 is 41.0 Å². The van der Waals surface area contributed by atoms with Gasteiger partial charge in [-0.3, -0.25) is 28.2 Å². The lowest BCUT2D eigenvalue weighted by Crippen LogP contribution is -2.51. The smallest absolute Gasteiger partial charge is 0.472 e. The zero-order valence-electron chi connectivity index (χ0n) is 50.0. The molecule has 0 spiro atoms. The maximum Gasteiger partial charge on any atom is 0.472 e. The number of fused-ring (bicyclic) bond motifs is 1. The molecule has 2 aromatic carbocycles. The number of aromatic nitrogens is 1. The molecule has 5 atom stereocenters. The number of rotatable bonds is 51. The van der Waals surface area contributed by atoms with E-state index in [-0.39, 0.29) is 43.7 Å². The highest BCUT2D eigenvalue weighted by atomic mass is 31.2. The minimum atomic E-state index is -4.77. The number of aliphatic hydroxyl groups is 1. The molecule has 3 rings (SSSR count). The Kier molecular flexibility index (Phi) is 38.8. The van der Waals surface area contributed by atoms with Crippen LogP contribution in [-0.2, 0) is 45.8 Å². The molecule has 0 aliphatic heterocycles. The predicted molar refractivity (Wildman–Crippen MR) is 324 cm³/mol. The molecular weight excluding hydrogens is 1030 g/mol. The number of carbonyl (C=O) groups is 4. The van der Waals surface area contributed by atoms with Gasteiger partial charge in [0.2, 0.25) is 23.6 Å². The lowest BCUT2D eigenvalue weighted by Gasteiger charge is -2.24. The van der Waals surface area contributed by atoms with Crippen LogP contribution in [0.25, 0.3) is 10.9 Å². The number of unbranched alkanes of at least 4 members (excludes halogenated alkanes) is 26. The number of hydrogen-bond acceptors (Lipinski definition) is 9. The Labute approximate surface area is 482 Å². The first-order valence-electron chi connectivity index (χ1n) is 31.6. The molecule has 15 nitrogen and oxygen atoms in total. The number of nitrogens with one attached hydrogen (secondary N) is 5. The zero-order valence-corrected chi connectivity index (χ0v) is 50.9. The minimum Gasteiger partial charge on any atom is -0.489 e. The van der Waals surface area contributed by atoms with Crippen molar-refractivity contribution in [3.8, 4) is 5.75 Å². The van der Waals surface area contributed by atoms with Crippen molar-refractivity contribution in [1.82, 2.24) is 26.3 Å². The average Bonchev–Trinajstić information content (AvgIpc) is 3.85. The molecule has 1 heterocycles. The Balaban J connectivity index is 1.43. The third kappa shape index (κ3) is 33.0. The molecule has 0 fully saturated rings. The van der Waals surface area contributed by atoms with Gasteiger partial charge in [0, 0.05) is 36.6 Å². The number of carbonyl (C=O) groups excluding carboxylic acids is 4. The summed E-state index contributed by atoms with van der Waals surface area (Å²) in [5, 5.41) is 22.5. The SMILES string of the molecule is CCCCCCCCCCCCCCCCCCCC(=O)N[C@@H](COP(=O)(O)OCCNC(=O)[C@@H](NC(=O)Cc1c[nH]c2ccc(OCc3ccccc3)cc12)[C@@H](C)CC)C(=O)NCCC(O)CCCCCCCCCCCCC. The van der Waals surface area contributed by atoms with Gasteiger partial charge in [-0.25, -0.2) is 4.57 Å². The molecule has 0 radical (unpaired) electrons. The van der Waals surface area contributed by atoms with Crippen LogP contribution in [0.4, 0.5) is 0 Å². The number of aromatic amines is 1. The fourth-order valence-electron chi connectivity index (χ4n) is 10.0. The summed E-state index contributed by atoms with van der Waals surface area (Å²) in [4.78, 5) is 67.4. The highest BCUT2D eigenvalue weighted by molar-refractivity contribution is 7.47. The molecule has 80 heavy (non-hydrogen) atoms. The predicted octanol–water partition coefficient (Wildman–Crippen LogP) is 14.2. The molecule has 16 heteroatoms. The van der Waals surface area contributed by atoms with Crippen LogP contribution in [0.3, 0.4) is 0 Å². The molecule has 3 aromatic rings. The third-order valence-corrected chi connectivity index (χ3v) is 16.3. The van der Waals surface area contributed by atoms with Crippen LogP contribution in [-0.4, -0.2) is 83.1 Å². The molecule has 0 bridgehead atoms. The monoisotopic (exact) mass is 1140 g/mol. The van der Waals surface area contributed by atoms with Crippen LogP contribution in [0.15, 0.2) is 54.7 Å². The number of aliphatic hydroxyl groups excluding tert-OH is 1. The number of benzene rings is 2. The summed E-state index contributed by atoms with van der Waals surface area (Å²) < 4.78 is 29.6. The summed E-state index contributed by atoms with van der Waals surface area (Å²) in [6, 6.07) is 13.3. The van der Waals surface area contributed by atoms with Gasteiger partial charge in [0.1, 0.15) is 24.4 Å². The third-order valence-electron chi connectivity index (χ3n) is 15.3. The standard InChI is InChI=1S/C64H108N5O10P/c1-5-8-10-12-14-16-18-19-20-21-22-23-25-27-29-31-36-40-60(71)68-59(63(73)65-44-43-55(70)39-35-30-28-26-24-17-15-13-11-9-6-2)51-79-80(75,76)78-46-45-66-64(74)62(52(4)7-3)69-61(72)47-54-49-67-58-42-41-56(48-57(54)58)77-50-53-37-33-32-34-38-53/h32-34,37-38,41-42,48-49,52,55,59,62,67,70H,5-31,35-36,39-40,43-47,50-51H2,1-4H3,(H,65,73)(H,66,74)(H,68,71)(H,69,72)(H,75,76)/t52-,55?,59-,62-/m0/s1. The molecule has 1 aromatic heterocycles. The van der Waals surface area contributed by atoms with Crippen molar-refractivity contribution in [3.05, 3.63) is 65.9 Å². The summed E-state index contributed by atoms with van der Waals surface area (Å²) in [6.45, 7) is 7.59. The maximum atomic E-state index is 13.5. The van der Waals surface area contributed by atoms with Crippen LogP contribution in [0, 0.1) is 5.92 Å². The van der Waals surface area contributed by atoms with E-state index in [0.29, 0.717) is 38.0 Å². The Morgan fingerprint density at radius 3 is 1.71 bits per heavy atom. The lowest BCUT2D eigenvalue weighted by atomic mass is 9.98. The van der Waals surface area contributed by atoms with Crippen molar-refractivity contribution in [1.29, 1.82) is 0 Å². The molecule has 0 saturated carbocycles. The van der Waals surface area contributed by atoms with Gasteiger partial charge in [-0.05, 0) is 54.5 Å². The van der Waals surface area contributed by atoms with E-state index in [2.05, 4.69) is 40.1 Å². The quantitative estimate of drug-likeness (QED) is 0.0210. The normalized spacial score (nSPS) is 13.8. The van der Waals surface area contributed by atoms with E-state index in [1.165, 1.54) is 135 Å². The van der Waals surface area contributed by atoms with Crippen molar-refractivity contribution in [2.45, 2.75) is 264 Å². The van der Waals surface area contributed by atoms with Gasteiger partial charge in [-0.15, -0.1) is 0 Å². The first-order chi connectivity index (χ1) is 38.8. The number of H-pyrrole nitrogens is 1. The molecule has 0 aliphatic carbocycles. The first-order valence-corrected chi connectivity index (χ1v) is 33.1. The van der Waals surface area contributed by atoms with Gasteiger partial charge in [-0.1, -0.05) is 238 Å². The number of hydrogen-bond donors (Lipinski definition) is 7. The Morgan fingerprint density at radius 1 is 0.613 bits per heavy atom. The highest BCUT2D eigenvalue weighted by Crippen LogP contribution is 2.43. The zero-order chi connectivity index (χ0) is 57.9. The summed E-state index contributed by atoms with van der Waals surface area (Å²) >= 11 is 0. The number of amides is 4. The van der Waals surface area contributed by atoms with Crippen LogP contribution < -0.4 is 26.0 Å². The van der Waals surface area contributed by atoms with E-state index in [1.807, 2.05) is 62.4 Å². The van der Waals surface area contributed by atoms with E-state index in [1.54, 1.807) is 6.20 Å². The van der Waals surface area contributed by atoms with Gasteiger partial charge in [0.05, 0.1) is 25.7 Å². The molecule has 7 N–H and O–H groups in total. The topological polar surface area (TPSA) is 217 Å². The van der Waals surface area contributed by atoms with E-state index in [4.69, 9.17) is 13.8 Å². The van der Waals surface area contributed by atoms with E-state index in [9.17, 15) is 33.7 Å². The molecule has 2 unspecified atom stereocenters. The number of phosphoric acid groups is 1. The Morgan fingerprint density at radius 2 is 1.15 bits per heavy atom. The second-order valence-corrected chi connectivity index (χ2v) is 23.8. The second-order valence-electron chi connectivity index (χ2n) is 22.4. The van der Waals surface area contributed by atoms with Crippen LogP contribution in [0.5, 0.6) is 5.75 Å². The summed E-state index contributed by atoms with van der Waals surface area (Å²) in [5.74, 6) is -1.38. The van der Waals surface area contributed by atoms with Crippen LogP contribution in [0.1, 0.15) is 244 Å². The van der Waals surface area contributed by atoms with E-state index in [0.717, 1.165) is 60.6 Å². The average molecular weight is 1140 g/mol. The number of ether oxygens (including phenoxy) is 1. The second kappa shape index (κ2) is 44.3. The van der Waals surface area contributed by atoms with Gasteiger partial charge in [0.25, 0.3) is 0 Å². The molecular formula is C64H108N5O10P. The molecule has 0 aliphatic rings. The van der Waals surface area contributed by atoms with E-state index < -0.39 is 51.0 Å². The minimum absolute atomic E-state index is 0.0109. The Hall–Kier alpha value is -4.27. The molecule has 454 valence electrons. The lowest BCUT2D eigenvalue weighted by molar-refractivity contribution is -0.130. The summed E-state index contributed by atoms with van der Waals surface area (Å²) in [5.41, 5.74) is 2.62. The van der Waals surface area contributed by atoms with E-state index >= 15 is 0 Å². The first kappa shape index (κ1) is 70.0. The van der Waals surface area contributed by atoms with Crippen LogP contribution >= 0.6 is 7.82 Å². The molecule has 0 saturated heterocycles. The largest absolute Gasteiger partial charge is 0.489 e. The summed E-state index contributed by atoms with van der Waals surface area (Å²) in [7, 11) is -4.77. The maximum absolute atomic E-state index is 13.5. The fourth-order valence-corrected chi connectivity index (χ4v) is 10.8. The van der Waals surface area contributed by atoms with Gasteiger partial charge in [-0.2, -0.15) is 0 Å². The Bertz CT molecular complexity index is 2140. The van der Waals surface area contributed by atoms with Crippen molar-refractivity contribution < 1.29 is 47.5 Å². The summed E-state index contributed by atoms with van der Waals surface area (Å²) in [6.07, 6.45) is 37.2. The van der Waals surface area contributed by atoms with Crippen molar-refractivity contribution in [3.63, 3.8) is 0 Å². The van der Waals surface area contributed by atoms with Crippen molar-refractivity contribution in [2.24, 2.45) is 5.92 Å². The highest BCUT2D eigenvalue weighted by Gasteiger charge is 2.29.